The van der Waals surface area contributed by atoms with Crippen LogP contribution in [0.5, 0.6) is 0 Å². The number of allylic oxidation sites excluding steroid dienone is 2. The largest absolute Gasteiger partial charge is 0.270 e. The molecule has 0 radical (unpaired) electrons. The smallest absolute Gasteiger partial charge is 0.264 e. The highest BCUT2D eigenvalue weighted by Gasteiger charge is 2.21. The minimum absolute atomic E-state index is 0.0898. The van der Waals surface area contributed by atoms with Crippen LogP contribution in [0.4, 0.5) is 0 Å². The van der Waals surface area contributed by atoms with Gasteiger partial charge in [-0.05, 0) is 42.6 Å². The molecule has 0 spiro atoms. The Labute approximate surface area is 162 Å². The maximum Gasteiger partial charge on any atom is 0.264 e. The van der Waals surface area contributed by atoms with Gasteiger partial charge in [-0.1, -0.05) is 37.8 Å². The van der Waals surface area contributed by atoms with Crippen LogP contribution in [0.25, 0.3) is 0 Å². The first kappa shape index (κ1) is 22.9. The van der Waals surface area contributed by atoms with Gasteiger partial charge in [-0.15, -0.1) is 13.2 Å². The molecule has 1 rings (SSSR count). The summed E-state index contributed by atoms with van der Waals surface area (Å²) in [6.45, 7) is 12.2. The average Bonchev–Trinajstić information content (AvgIpc) is 2.62. The third-order valence-corrected chi connectivity index (χ3v) is 6.16. The highest BCUT2D eigenvalue weighted by atomic mass is 32.2. The molecule has 0 aliphatic carbocycles. The van der Waals surface area contributed by atoms with Crippen molar-refractivity contribution in [2.24, 2.45) is 23.7 Å². The van der Waals surface area contributed by atoms with Gasteiger partial charge in [0.2, 0.25) is 0 Å². The second-order valence-electron chi connectivity index (χ2n) is 6.64. The molecular formula is C19H30N2O3S2. The fourth-order valence-corrected chi connectivity index (χ4v) is 4.19. The molecule has 26 heavy (non-hydrogen) atoms. The van der Waals surface area contributed by atoms with Crippen molar-refractivity contribution >= 4 is 21.9 Å². The summed E-state index contributed by atoms with van der Waals surface area (Å²) >= 11 is 1.65. The van der Waals surface area contributed by atoms with Crippen molar-refractivity contribution in [3.8, 4) is 0 Å². The Bertz CT molecular complexity index is 650. The minimum atomic E-state index is -3.41. The number of nitrogens with zero attached hydrogens (tertiary/aromatic N) is 2. The summed E-state index contributed by atoms with van der Waals surface area (Å²) < 4.78 is 27.3. The molecule has 7 heteroatoms. The molecule has 0 fully saturated rings. The highest BCUT2D eigenvalue weighted by Crippen LogP contribution is 2.29. The normalized spacial score (nSPS) is 16.4. The maximum absolute atomic E-state index is 11.2. The van der Waals surface area contributed by atoms with Gasteiger partial charge in [-0.25, -0.2) is 9.97 Å². The molecule has 1 aromatic heterocycles. The SMILES string of the molecule is C=CC(CCC(CSc1ncccn1)[C@@H](C)C=C)[C@H](C)COS(C)(=O)=O. The standard InChI is InChI=1S/C19H30N2O3S2/c1-6-15(3)18(14-25-19-20-11-8-12-21-19)10-9-17(7-2)16(4)13-24-26(5,22)23/h6-8,11-12,15-18H,1-2,9-10,13-14H2,3-5H3/t15-,16+,17?,18?/m0/s1. The molecule has 0 amide bonds. The van der Waals surface area contributed by atoms with Crippen LogP contribution in [0.1, 0.15) is 26.7 Å². The van der Waals surface area contributed by atoms with E-state index in [2.05, 4.69) is 30.0 Å². The van der Waals surface area contributed by atoms with Gasteiger partial charge in [0.15, 0.2) is 5.16 Å². The lowest BCUT2D eigenvalue weighted by atomic mass is 9.84. The van der Waals surface area contributed by atoms with Crippen molar-refractivity contribution < 1.29 is 12.6 Å². The van der Waals surface area contributed by atoms with Crippen molar-refractivity contribution in [1.82, 2.24) is 9.97 Å². The summed E-state index contributed by atoms with van der Waals surface area (Å²) in [5.74, 6) is 2.02. The van der Waals surface area contributed by atoms with Gasteiger partial charge in [-0.2, -0.15) is 8.42 Å². The predicted molar refractivity (Wildman–Crippen MR) is 108 cm³/mol. The zero-order valence-electron chi connectivity index (χ0n) is 15.9. The minimum Gasteiger partial charge on any atom is -0.270 e. The molecule has 1 aromatic rings. The Morgan fingerprint density at radius 3 is 2.38 bits per heavy atom. The van der Waals surface area contributed by atoms with Crippen LogP contribution in [0.2, 0.25) is 0 Å². The molecule has 2 unspecified atom stereocenters. The molecule has 146 valence electrons. The van der Waals surface area contributed by atoms with Crippen LogP contribution < -0.4 is 0 Å². The van der Waals surface area contributed by atoms with E-state index in [1.54, 1.807) is 24.2 Å². The van der Waals surface area contributed by atoms with Gasteiger partial charge >= 0.3 is 0 Å². The fraction of sp³-hybridized carbons (Fsp3) is 0.579. The van der Waals surface area contributed by atoms with Gasteiger partial charge in [0, 0.05) is 18.1 Å². The molecule has 1 heterocycles. The van der Waals surface area contributed by atoms with E-state index >= 15 is 0 Å². The molecule has 0 bridgehead atoms. The van der Waals surface area contributed by atoms with Gasteiger partial charge in [0.1, 0.15) is 0 Å². The molecular weight excluding hydrogens is 368 g/mol. The Balaban J connectivity index is 2.59. The van der Waals surface area contributed by atoms with E-state index in [-0.39, 0.29) is 18.4 Å². The van der Waals surface area contributed by atoms with E-state index in [0.29, 0.717) is 11.8 Å². The Kier molecular flexibility index (Phi) is 10.1. The van der Waals surface area contributed by atoms with Gasteiger partial charge in [0.05, 0.1) is 12.9 Å². The molecule has 5 nitrogen and oxygen atoms in total. The lowest BCUT2D eigenvalue weighted by molar-refractivity contribution is 0.221. The van der Waals surface area contributed by atoms with Crippen molar-refractivity contribution in [1.29, 1.82) is 0 Å². The first-order chi connectivity index (χ1) is 12.3. The number of hydrogen-bond acceptors (Lipinski definition) is 6. The summed E-state index contributed by atoms with van der Waals surface area (Å²) in [5.41, 5.74) is 0. The monoisotopic (exact) mass is 398 g/mol. The fourth-order valence-electron chi connectivity index (χ4n) is 2.63. The lowest BCUT2D eigenvalue weighted by Crippen LogP contribution is -2.20. The van der Waals surface area contributed by atoms with Crippen LogP contribution in [-0.4, -0.2) is 37.0 Å². The van der Waals surface area contributed by atoms with Gasteiger partial charge < -0.3 is 0 Å². The van der Waals surface area contributed by atoms with E-state index in [4.69, 9.17) is 4.18 Å². The van der Waals surface area contributed by atoms with Crippen LogP contribution >= 0.6 is 11.8 Å². The number of thioether (sulfide) groups is 1. The summed E-state index contributed by atoms with van der Waals surface area (Å²) in [7, 11) is -3.41. The maximum atomic E-state index is 11.2. The van der Waals surface area contributed by atoms with E-state index in [1.165, 1.54) is 0 Å². The summed E-state index contributed by atoms with van der Waals surface area (Å²) in [5, 5.41) is 0.781. The summed E-state index contributed by atoms with van der Waals surface area (Å²) in [4.78, 5) is 8.52. The first-order valence-corrected chi connectivity index (χ1v) is 11.6. The average molecular weight is 399 g/mol. The predicted octanol–water partition coefficient (Wildman–Crippen LogP) is 4.20. The van der Waals surface area contributed by atoms with Gasteiger partial charge in [-0.3, -0.25) is 4.18 Å². The molecule has 0 saturated heterocycles. The van der Waals surface area contributed by atoms with Crippen molar-refractivity contribution in [2.45, 2.75) is 31.8 Å². The zero-order valence-corrected chi connectivity index (χ0v) is 17.5. The molecule has 0 aliphatic heterocycles. The molecule has 4 atom stereocenters. The second-order valence-corrected chi connectivity index (χ2v) is 9.27. The molecule has 0 saturated carbocycles. The zero-order chi connectivity index (χ0) is 19.6. The third kappa shape index (κ3) is 8.96. The third-order valence-electron chi connectivity index (χ3n) is 4.53. The van der Waals surface area contributed by atoms with E-state index in [0.717, 1.165) is 30.0 Å². The van der Waals surface area contributed by atoms with E-state index in [1.807, 2.05) is 25.1 Å². The summed E-state index contributed by atoms with van der Waals surface area (Å²) in [6, 6.07) is 1.81. The Hall–Kier alpha value is -1.18. The Morgan fingerprint density at radius 2 is 1.85 bits per heavy atom. The molecule has 0 aliphatic rings. The van der Waals surface area contributed by atoms with Crippen molar-refractivity contribution in [3.05, 3.63) is 43.8 Å². The molecule has 0 aromatic carbocycles. The topological polar surface area (TPSA) is 69.2 Å². The Morgan fingerprint density at radius 1 is 1.19 bits per heavy atom. The highest BCUT2D eigenvalue weighted by molar-refractivity contribution is 7.99. The van der Waals surface area contributed by atoms with E-state index < -0.39 is 10.1 Å². The van der Waals surface area contributed by atoms with Crippen LogP contribution in [-0.2, 0) is 14.3 Å². The first-order valence-electron chi connectivity index (χ1n) is 8.76. The number of rotatable bonds is 13. The lowest BCUT2D eigenvalue weighted by Gasteiger charge is -2.25. The van der Waals surface area contributed by atoms with Crippen LogP contribution in [0, 0.1) is 23.7 Å². The van der Waals surface area contributed by atoms with Gasteiger partial charge in [0.25, 0.3) is 10.1 Å². The van der Waals surface area contributed by atoms with Crippen molar-refractivity contribution in [3.63, 3.8) is 0 Å². The number of aromatic nitrogens is 2. The van der Waals surface area contributed by atoms with Crippen LogP contribution in [0.3, 0.4) is 0 Å². The molecule has 0 N–H and O–H groups in total. The summed E-state index contributed by atoms with van der Waals surface area (Å²) in [6.07, 6.45) is 10.4. The second kappa shape index (κ2) is 11.5. The van der Waals surface area contributed by atoms with Crippen molar-refractivity contribution in [2.75, 3.05) is 18.6 Å². The van der Waals surface area contributed by atoms with Crippen LogP contribution in [0.15, 0.2) is 48.9 Å². The quantitative estimate of drug-likeness (QED) is 0.215. The number of hydrogen-bond donors (Lipinski definition) is 0. The van der Waals surface area contributed by atoms with E-state index in [9.17, 15) is 8.42 Å².